The summed E-state index contributed by atoms with van der Waals surface area (Å²) in [6, 6.07) is 3.72. The fraction of sp³-hybridized carbons (Fsp3) is 0.273. The van der Waals surface area contributed by atoms with Gasteiger partial charge in [0.25, 0.3) is 0 Å². The van der Waals surface area contributed by atoms with Crippen LogP contribution in [0.3, 0.4) is 0 Å². The molecule has 0 bridgehead atoms. The summed E-state index contributed by atoms with van der Waals surface area (Å²) in [4.78, 5) is 16.5. The number of hydrogen-bond acceptors (Lipinski definition) is 8. The van der Waals surface area contributed by atoms with E-state index < -0.39 is 0 Å². The lowest BCUT2D eigenvalue weighted by Crippen LogP contribution is -2.15. The van der Waals surface area contributed by atoms with Gasteiger partial charge in [0.1, 0.15) is 5.03 Å². The first-order valence-electron chi connectivity index (χ1n) is 5.75. The summed E-state index contributed by atoms with van der Waals surface area (Å²) in [5.74, 6) is 5.56. The average Bonchev–Trinajstić information content (AvgIpc) is 2.40. The van der Waals surface area contributed by atoms with Crippen LogP contribution in [0.15, 0.2) is 28.5 Å². The zero-order valence-corrected chi connectivity index (χ0v) is 12.4. The van der Waals surface area contributed by atoms with Crippen molar-refractivity contribution in [2.24, 2.45) is 5.84 Å². The van der Waals surface area contributed by atoms with E-state index in [1.165, 1.54) is 11.8 Å². The van der Waals surface area contributed by atoms with Crippen molar-refractivity contribution < 1.29 is 4.74 Å². The van der Waals surface area contributed by atoms with Crippen LogP contribution in [-0.2, 0) is 0 Å². The minimum absolute atomic E-state index is 0.0467. The Hall–Kier alpha value is -1.64. The Morgan fingerprint density at radius 1 is 1.30 bits per heavy atom. The van der Waals surface area contributed by atoms with Crippen LogP contribution in [0.1, 0.15) is 13.8 Å². The van der Waals surface area contributed by atoms with Gasteiger partial charge in [-0.25, -0.2) is 10.8 Å². The first kappa shape index (κ1) is 14.8. The summed E-state index contributed by atoms with van der Waals surface area (Å²) in [6.07, 6.45) is 1.51. The fourth-order valence-electron chi connectivity index (χ4n) is 1.23. The number of nitrogens with two attached hydrogens (primary N) is 1. The molecule has 2 aromatic rings. The van der Waals surface area contributed by atoms with Crippen LogP contribution in [0.5, 0.6) is 6.01 Å². The number of halogens is 1. The fourth-order valence-corrected chi connectivity index (χ4v) is 2.02. The molecular weight excluding hydrogens is 300 g/mol. The number of hydrazine groups is 1. The molecule has 0 aliphatic heterocycles. The number of anilines is 1. The number of aromatic nitrogens is 4. The summed E-state index contributed by atoms with van der Waals surface area (Å²) < 4.78 is 5.44. The van der Waals surface area contributed by atoms with Crippen LogP contribution in [0.2, 0.25) is 5.02 Å². The highest BCUT2D eigenvalue weighted by atomic mass is 35.5. The zero-order valence-electron chi connectivity index (χ0n) is 10.9. The summed E-state index contributed by atoms with van der Waals surface area (Å²) in [6.45, 7) is 3.76. The first-order valence-corrected chi connectivity index (χ1v) is 6.95. The van der Waals surface area contributed by atoms with Gasteiger partial charge in [0.05, 0.1) is 11.1 Å². The molecule has 9 heteroatoms. The number of pyridine rings is 1. The van der Waals surface area contributed by atoms with Gasteiger partial charge >= 0.3 is 6.01 Å². The van der Waals surface area contributed by atoms with Crippen molar-refractivity contribution >= 4 is 29.3 Å². The molecule has 2 heterocycles. The minimum atomic E-state index is -0.0467. The largest absolute Gasteiger partial charge is 0.461 e. The number of ether oxygens (including phenoxy) is 1. The van der Waals surface area contributed by atoms with Crippen molar-refractivity contribution in [2.75, 3.05) is 5.43 Å². The maximum Gasteiger partial charge on any atom is 0.322 e. The topological polar surface area (TPSA) is 98.8 Å². The monoisotopic (exact) mass is 312 g/mol. The Bertz CT molecular complexity index is 580. The first-order chi connectivity index (χ1) is 9.56. The molecule has 2 aromatic heterocycles. The van der Waals surface area contributed by atoms with Gasteiger partial charge in [-0.1, -0.05) is 11.6 Å². The van der Waals surface area contributed by atoms with Crippen LogP contribution in [0.25, 0.3) is 0 Å². The number of hydrogen-bond donors (Lipinski definition) is 2. The quantitative estimate of drug-likeness (QED) is 0.640. The van der Waals surface area contributed by atoms with Crippen molar-refractivity contribution in [1.29, 1.82) is 0 Å². The summed E-state index contributed by atoms with van der Waals surface area (Å²) >= 11 is 7.04. The lowest BCUT2D eigenvalue weighted by Gasteiger charge is -2.09. The van der Waals surface area contributed by atoms with Crippen molar-refractivity contribution in [1.82, 2.24) is 19.9 Å². The standard InChI is InChI=1S/C11H13ClN6OS/c1-6(2)19-10-15-9(18-13)16-11(17-10)20-8-4-3-7(12)5-14-8/h3-6H,13H2,1-2H3,(H,15,16,17,18). The van der Waals surface area contributed by atoms with Gasteiger partial charge in [0.2, 0.25) is 11.1 Å². The molecule has 0 radical (unpaired) electrons. The van der Waals surface area contributed by atoms with Crippen LogP contribution < -0.4 is 16.0 Å². The maximum absolute atomic E-state index is 5.79. The average molecular weight is 313 g/mol. The second-order valence-corrected chi connectivity index (χ2v) is 5.38. The van der Waals surface area contributed by atoms with E-state index in [4.69, 9.17) is 22.2 Å². The predicted molar refractivity (Wildman–Crippen MR) is 76.8 cm³/mol. The molecule has 0 saturated heterocycles. The lowest BCUT2D eigenvalue weighted by molar-refractivity contribution is 0.219. The molecule has 2 rings (SSSR count). The number of nitrogens with zero attached hydrogens (tertiary/aromatic N) is 4. The van der Waals surface area contributed by atoms with Crippen LogP contribution >= 0.6 is 23.4 Å². The zero-order chi connectivity index (χ0) is 14.5. The molecule has 0 atom stereocenters. The second kappa shape index (κ2) is 6.69. The van der Waals surface area contributed by atoms with E-state index in [9.17, 15) is 0 Å². The smallest absolute Gasteiger partial charge is 0.322 e. The summed E-state index contributed by atoms with van der Waals surface area (Å²) in [5, 5.41) is 1.70. The van der Waals surface area contributed by atoms with E-state index >= 15 is 0 Å². The maximum atomic E-state index is 5.79. The third-order valence-corrected chi connectivity index (χ3v) is 3.00. The predicted octanol–water partition coefficient (Wildman–Crippen LogP) is 2.14. The van der Waals surface area contributed by atoms with Gasteiger partial charge in [-0.2, -0.15) is 15.0 Å². The molecule has 0 aliphatic rings. The van der Waals surface area contributed by atoms with Crippen molar-refractivity contribution in [3.05, 3.63) is 23.4 Å². The Kier molecular flexibility index (Phi) is 4.94. The Morgan fingerprint density at radius 2 is 2.10 bits per heavy atom. The molecule has 3 N–H and O–H groups in total. The molecule has 7 nitrogen and oxygen atoms in total. The van der Waals surface area contributed by atoms with Gasteiger partial charge in [-0.3, -0.25) is 5.43 Å². The van der Waals surface area contributed by atoms with Gasteiger partial charge in [0, 0.05) is 6.20 Å². The second-order valence-electron chi connectivity index (χ2n) is 3.95. The van der Waals surface area contributed by atoms with Crippen LogP contribution in [0, 0.1) is 0 Å². The molecule has 0 fully saturated rings. The van der Waals surface area contributed by atoms with E-state index in [0.717, 1.165) is 0 Å². The van der Waals surface area contributed by atoms with Gasteiger partial charge in [0.15, 0.2) is 0 Å². The summed E-state index contributed by atoms with van der Waals surface area (Å²) in [7, 11) is 0. The van der Waals surface area contributed by atoms with E-state index in [1.54, 1.807) is 18.3 Å². The molecule has 106 valence electrons. The SMILES string of the molecule is CC(C)Oc1nc(NN)nc(Sc2ccc(Cl)cn2)n1. The van der Waals surface area contributed by atoms with Crippen molar-refractivity contribution in [2.45, 2.75) is 30.1 Å². The molecular formula is C11H13ClN6OS. The molecule has 0 aromatic carbocycles. The lowest BCUT2D eigenvalue weighted by atomic mass is 10.5. The minimum Gasteiger partial charge on any atom is -0.461 e. The Morgan fingerprint density at radius 3 is 2.70 bits per heavy atom. The van der Waals surface area contributed by atoms with Gasteiger partial charge < -0.3 is 4.74 Å². The highest BCUT2D eigenvalue weighted by Gasteiger charge is 2.10. The van der Waals surface area contributed by atoms with E-state index in [1.807, 2.05) is 13.8 Å². The molecule has 0 amide bonds. The Balaban J connectivity index is 2.23. The third kappa shape index (κ3) is 4.19. The molecule has 0 unspecified atom stereocenters. The molecule has 0 spiro atoms. The van der Waals surface area contributed by atoms with Crippen LogP contribution in [0.4, 0.5) is 5.95 Å². The normalized spacial score (nSPS) is 10.7. The molecule has 20 heavy (non-hydrogen) atoms. The molecule has 0 aliphatic carbocycles. The number of nitrogen functional groups attached to an aromatic ring is 1. The van der Waals surface area contributed by atoms with E-state index in [0.29, 0.717) is 15.2 Å². The Labute approximate surface area is 125 Å². The highest BCUT2D eigenvalue weighted by molar-refractivity contribution is 7.99. The third-order valence-electron chi connectivity index (χ3n) is 1.96. The molecule has 0 saturated carbocycles. The highest BCUT2D eigenvalue weighted by Crippen LogP contribution is 2.25. The van der Waals surface area contributed by atoms with Crippen LogP contribution in [-0.4, -0.2) is 26.0 Å². The van der Waals surface area contributed by atoms with Crippen molar-refractivity contribution in [3.63, 3.8) is 0 Å². The van der Waals surface area contributed by atoms with Gasteiger partial charge in [-0.15, -0.1) is 0 Å². The van der Waals surface area contributed by atoms with Gasteiger partial charge in [-0.05, 0) is 37.7 Å². The number of nitrogens with one attached hydrogen (secondary N) is 1. The number of rotatable bonds is 5. The van der Waals surface area contributed by atoms with Crippen molar-refractivity contribution in [3.8, 4) is 6.01 Å². The van der Waals surface area contributed by atoms with E-state index in [2.05, 4.69) is 25.4 Å². The van der Waals surface area contributed by atoms with E-state index in [-0.39, 0.29) is 18.1 Å². The summed E-state index contributed by atoms with van der Waals surface area (Å²) in [5.41, 5.74) is 2.38.